The highest BCUT2D eigenvalue weighted by Crippen LogP contribution is 2.35. The first-order valence-electron chi connectivity index (χ1n) is 9.06. The average Bonchev–Trinajstić information content (AvgIpc) is 3.08. The highest BCUT2D eigenvalue weighted by molar-refractivity contribution is 5.94. The van der Waals surface area contributed by atoms with E-state index in [1.54, 1.807) is 4.68 Å². The fraction of sp³-hybridized carbons (Fsp3) is 0.611. The molecule has 2 aromatic heterocycles. The summed E-state index contributed by atoms with van der Waals surface area (Å²) in [6.45, 7) is 4.47. The molecule has 7 nitrogen and oxygen atoms in total. The first-order chi connectivity index (χ1) is 12.0. The fourth-order valence-corrected chi connectivity index (χ4v) is 3.86. The minimum atomic E-state index is -0.141. The standard InChI is InChI=1S/C18H25N5O2/c1-10-7-14-16(22-23(3)17(14)11(2)25-10)18(24)19-9-13-8-15(21-20-13)12-5-4-6-12/h8,10-12H,4-7,9H2,1-3H3,(H,19,24)(H,20,21)/t10-,11+/m1/s1. The van der Waals surface area contributed by atoms with Crippen LogP contribution in [0.2, 0.25) is 0 Å². The number of ether oxygens (including phenoxy) is 1. The highest BCUT2D eigenvalue weighted by Gasteiger charge is 2.31. The van der Waals surface area contributed by atoms with Gasteiger partial charge in [-0.2, -0.15) is 10.2 Å². The number of aromatic nitrogens is 4. The maximum atomic E-state index is 12.7. The third-order valence-electron chi connectivity index (χ3n) is 5.34. The second-order valence-electron chi connectivity index (χ2n) is 7.26. The van der Waals surface area contributed by atoms with Crippen LogP contribution in [0, 0.1) is 0 Å². The molecule has 1 fully saturated rings. The van der Waals surface area contributed by atoms with Crippen molar-refractivity contribution in [2.45, 2.75) is 64.2 Å². The molecular formula is C18H25N5O2. The number of nitrogens with zero attached hydrogens (tertiary/aromatic N) is 3. The van der Waals surface area contributed by atoms with E-state index in [2.05, 4.69) is 26.7 Å². The van der Waals surface area contributed by atoms with Gasteiger partial charge in [-0.1, -0.05) is 6.42 Å². The zero-order chi connectivity index (χ0) is 17.6. The molecule has 1 saturated carbocycles. The SMILES string of the molecule is C[C@@H]1Cc2c(C(=O)NCc3cc(C4CCC4)n[nH]3)nn(C)c2[C@H](C)O1. The van der Waals surface area contributed by atoms with Crippen LogP contribution in [-0.2, 0) is 24.8 Å². The first-order valence-corrected chi connectivity index (χ1v) is 9.06. The van der Waals surface area contributed by atoms with E-state index in [1.807, 2.05) is 20.9 Å². The van der Waals surface area contributed by atoms with Gasteiger partial charge < -0.3 is 10.1 Å². The van der Waals surface area contributed by atoms with Crippen LogP contribution >= 0.6 is 0 Å². The zero-order valence-corrected chi connectivity index (χ0v) is 15.0. The van der Waals surface area contributed by atoms with Crippen LogP contribution < -0.4 is 5.32 Å². The van der Waals surface area contributed by atoms with Gasteiger partial charge in [0.2, 0.25) is 0 Å². The summed E-state index contributed by atoms with van der Waals surface area (Å²) >= 11 is 0. The fourth-order valence-electron chi connectivity index (χ4n) is 3.86. The number of carbonyl (C=O) groups is 1. The summed E-state index contributed by atoms with van der Waals surface area (Å²) in [7, 11) is 1.87. The monoisotopic (exact) mass is 343 g/mol. The average molecular weight is 343 g/mol. The molecule has 1 aliphatic carbocycles. The lowest BCUT2D eigenvalue weighted by Gasteiger charge is -2.26. The number of H-pyrrole nitrogens is 1. The molecule has 2 N–H and O–H groups in total. The summed E-state index contributed by atoms with van der Waals surface area (Å²) in [6.07, 6.45) is 4.48. The van der Waals surface area contributed by atoms with Crippen molar-refractivity contribution in [1.29, 1.82) is 0 Å². The van der Waals surface area contributed by atoms with Crippen LogP contribution in [0.15, 0.2) is 6.07 Å². The Balaban J connectivity index is 1.46. The first kappa shape index (κ1) is 16.3. The molecule has 0 bridgehead atoms. The van der Waals surface area contributed by atoms with Crippen molar-refractivity contribution < 1.29 is 9.53 Å². The topological polar surface area (TPSA) is 84.8 Å². The predicted octanol–water partition coefficient (Wildman–Crippen LogP) is 2.36. The van der Waals surface area contributed by atoms with Crippen molar-refractivity contribution >= 4 is 5.91 Å². The van der Waals surface area contributed by atoms with E-state index in [0.29, 0.717) is 24.6 Å². The molecule has 4 rings (SSSR count). The lowest BCUT2D eigenvalue weighted by Crippen LogP contribution is -2.27. The Morgan fingerprint density at radius 2 is 2.24 bits per heavy atom. The van der Waals surface area contributed by atoms with E-state index in [9.17, 15) is 4.79 Å². The van der Waals surface area contributed by atoms with Gasteiger partial charge in [0.15, 0.2) is 5.69 Å². The van der Waals surface area contributed by atoms with E-state index in [1.165, 1.54) is 19.3 Å². The van der Waals surface area contributed by atoms with Gasteiger partial charge in [-0.05, 0) is 32.8 Å². The van der Waals surface area contributed by atoms with E-state index in [4.69, 9.17) is 4.74 Å². The number of hydrogen-bond donors (Lipinski definition) is 2. The molecule has 25 heavy (non-hydrogen) atoms. The number of hydrogen-bond acceptors (Lipinski definition) is 4. The van der Waals surface area contributed by atoms with E-state index >= 15 is 0 Å². The van der Waals surface area contributed by atoms with Gasteiger partial charge in [0.25, 0.3) is 5.91 Å². The molecule has 0 unspecified atom stereocenters. The smallest absolute Gasteiger partial charge is 0.272 e. The molecular weight excluding hydrogens is 318 g/mol. The van der Waals surface area contributed by atoms with Crippen molar-refractivity contribution in [1.82, 2.24) is 25.3 Å². The summed E-state index contributed by atoms with van der Waals surface area (Å²) in [5.41, 5.74) is 4.57. The van der Waals surface area contributed by atoms with Gasteiger partial charge in [-0.15, -0.1) is 0 Å². The van der Waals surface area contributed by atoms with Crippen molar-refractivity contribution in [2.75, 3.05) is 0 Å². The molecule has 2 atom stereocenters. The number of aromatic amines is 1. The Bertz CT molecular complexity index is 789. The van der Waals surface area contributed by atoms with Crippen molar-refractivity contribution in [3.05, 3.63) is 34.4 Å². The lowest BCUT2D eigenvalue weighted by molar-refractivity contribution is -0.00903. The molecule has 3 heterocycles. The van der Waals surface area contributed by atoms with Gasteiger partial charge in [0, 0.05) is 24.9 Å². The summed E-state index contributed by atoms with van der Waals surface area (Å²) in [6, 6.07) is 2.07. The second-order valence-corrected chi connectivity index (χ2v) is 7.26. The Kier molecular flexibility index (Phi) is 4.11. The van der Waals surface area contributed by atoms with Crippen molar-refractivity contribution in [3.8, 4) is 0 Å². The minimum Gasteiger partial charge on any atom is -0.369 e. The molecule has 1 amide bonds. The van der Waals surface area contributed by atoms with Crippen molar-refractivity contribution in [2.24, 2.45) is 7.05 Å². The third kappa shape index (κ3) is 2.97. The number of carbonyl (C=O) groups excluding carboxylic acids is 1. The summed E-state index contributed by atoms with van der Waals surface area (Å²) < 4.78 is 7.62. The summed E-state index contributed by atoms with van der Waals surface area (Å²) in [4.78, 5) is 12.7. The molecule has 134 valence electrons. The minimum absolute atomic E-state index is 0.0459. The molecule has 0 aromatic carbocycles. The molecule has 7 heteroatoms. The Morgan fingerprint density at radius 1 is 1.44 bits per heavy atom. The normalized spacial score (nSPS) is 23.2. The number of rotatable bonds is 4. The maximum Gasteiger partial charge on any atom is 0.272 e. The van der Waals surface area contributed by atoms with Crippen LogP contribution in [0.25, 0.3) is 0 Å². The lowest BCUT2D eigenvalue weighted by atomic mass is 9.83. The van der Waals surface area contributed by atoms with E-state index in [0.717, 1.165) is 22.6 Å². The van der Waals surface area contributed by atoms with Crippen LogP contribution in [0.4, 0.5) is 0 Å². The largest absolute Gasteiger partial charge is 0.369 e. The van der Waals surface area contributed by atoms with Crippen LogP contribution in [0.3, 0.4) is 0 Å². The molecule has 2 aromatic rings. The molecule has 0 radical (unpaired) electrons. The van der Waals surface area contributed by atoms with Crippen LogP contribution in [0.5, 0.6) is 0 Å². The second kappa shape index (κ2) is 6.29. The van der Waals surface area contributed by atoms with E-state index in [-0.39, 0.29) is 18.1 Å². The Hall–Kier alpha value is -2.15. The Labute approximate surface area is 147 Å². The van der Waals surface area contributed by atoms with Gasteiger partial charge in [0.05, 0.1) is 35.8 Å². The van der Waals surface area contributed by atoms with Gasteiger partial charge in [-0.25, -0.2) is 0 Å². The molecule has 1 aliphatic heterocycles. The number of aryl methyl sites for hydroxylation is 1. The molecule has 0 spiro atoms. The number of amides is 1. The number of fused-ring (bicyclic) bond motifs is 1. The summed E-state index contributed by atoms with van der Waals surface area (Å²) in [5.74, 6) is 0.449. The van der Waals surface area contributed by atoms with Crippen LogP contribution in [-0.4, -0.2) is 32.0 Å². The van der Waals surface area contributed by atoms with Gasteiger partial charge in [-0.3, -0.25) is 14.6 Å². The summed E-state index contributed by atoms with van der Waals surface area (Å²) in [5, 5.41) is 14.8. The molecule has 2 aliphatic rings. The maximum absolute atomic E-state index is 12.7. The highest BCUT2D eigenvalue weighted by atomic mass is 16.5. The van der Waals surface area contributed by atoms with Gasteiger partial charge >= 0.3 is 0 Å². The molecule has 0 saturated heterocycles. The quantitative estimate of drug-likeness (QED) is 0.892. The van der Waals surface area contributed by atoms with Crippen LogP contribution in [0.1, 0.15) is 78.3 Å². The zero-order valence-electron chi connectivity index (χ0n) is 15.0. The number of nitrogens with one attached hydrogen (secondary N) is 2. The van der Waals surface area contributed by atoms with Gasteiger partial charge in [0.1, 0.15) is 0 Å². The Morgan fingerprint density at radius 3 is 2.96 bits per heavy atom. The third-order valence-corrected chi connectivity index (χ3v) is 5.34. The van der Waals surface area contributed by atoms with E-state index < -0.39 is 0 Å². The predicted molar refractivity (Wildman–Crippen MR) is 92.2 cm³/mol. The van der Waals surface area contributed by atoms with Crippen molar-refractivity contribution in [3.63, 3.8) is 0 Å².